The number of nitrogens with one attached hydrogen (secondary N) is 1. The molecule has 0 aliphatic carbocycles. The van der Waals surface area contributed by atoms with Gasteiger partial charge in [-0.05, 0) is 23.1 Å². The topological polar surface area (TPSA) is 89.9 Å². The second kappa shape index (κ2) is 6.92. The molecule has 0 spiro atoms. The molecular formula is C19H16N2O4. The molecular weight excluding hydrogens is 320 g/mol. The third-order valence-corrected chi connectivity index (χ3v) is 3.75. The van der Waals surface area contributed by atoms with Crippen molar-refractivity contribution in [2.45, 2.75) is 6.54 Å². The van der Waals surface area contributed by atoms with Crippen molar-refractivity contribution >= 4 is 22.8 Å². The summed E-state index contributed by atoms with van der Waals surface area (Å²) < 4.78 is 0. The molecule has 3 aromatic rings. The molecule has 126 valence electrons. The number of nitrogens with zero attached hydrogens (tertiary/aromatic N) is 1. The van der Waals surface area contributed by atoms with Crippen LogP contribution in [0.15, 0.2) is 66.7 Å². The van der Waals surface area contributed by atoms with Crippen LogP contribution >= 0.6 is 0 Å². The van der Waals surface area contributed by atoms with Crippen LogP contribution < -0.4 is 5.43 Å². The first kappa shape index (κ1) is 16.3. The Morgan fingerprint density at radius 3 is 2.36 bits per heavy atom. The van der Waals surface area contributed by atoms with Crippen LogP contribution in [0.3, 0.4) is 0 Å². The first-order valence-electron chi connectivity index (χ1n) is 7.62. The number of fused-ring (bicyclic) bond motifs is 1. The number of aromatic hydroxyl groups is 1. The van der Waals surface area contributed by atoms with Gasteiger partial charge in [0, 0.05) is 10.9 Å². The normalized spacial score (nSPS) is 10.4. The van der Waals surface area contributed by atoms with E-state index in [1.165, 1.54) is 6.07 Å². The Hall–Kier alpha value is -3.54. The van der Waals surface area contributed by atoms with Gasteiger partial charge in [-0.15, -0.1) is 0 Å². The molecule has 3 rings (SSSR count). The van der Waals surface area contributed by atoms with Crippen LogP contribution in [-0.2, 0) is 6.54 Å². The Bertz CT molecular complexity index is 925. The lowest BCUT2D eigenvalue weighted by atomic mass is 10.1. The quantitative estimate of drug-likeness (QED) is 0.640. The van der Waals surface area contributed by atoms with Gasteiger partial charge in [0.15, 0.2) is 0 Å². The summed E-state index contributed by atoms with van der Waals surface area (Å²) in [6.45, 7) is 0.0154. The van der Waals surface area contributed by atoms with Crippen LogP contribution in [0.1, 0.15) is 15.9 Å². The Kier molecular flexibility index (Phi) is 4.52. The van der Waals surface area contributed by atoms with Crippen molar-refractivity contribution in [2.24, 2.45) is 0 Å². The van der Waals surface area contributed by atoms with Crippen molar-refractivity contribution in [3.63, 3.8) is 0 Å². The highest BCUT2D eigenvalue weighted by atomic mass is 16.4. The van der Waals surface area contributed by atoms with Crippen molar-refractivity contribution in [2.75, 3.05) is 0 Å². The molecule has 0 aromatic heterocycles. The molecule has 25 heavy (non-hydrogen) atoms. The van der Waals surface area contributed by atoms with Gasteiger partial charge in [0.05, 0.1) is 6.54 Å². The summed E-state index contributed by atoms with van der Waals surface area (Å²) in [6.07, 6.45) is -1.28. The second-order valence-electron chi connectivity index (χ2n) is 5.51. The molecule has 0 aliphatic heterocycles. The minimum atomic E-state index is -1.28. The van der Waals surface area contributed by atoms with Crippen LogP contribution in [0, 0.1) is 0 Å². The standard InChI is InChI=1S/C19H16N2O4/c22-17-11-15(10-14-8-4-5-9-16(14)17)18(23)20-21(19(24)25)12-13-6-2-1-3-7-13/h1-11,22H,12H2,(H,20,23)(H,24,25). The number of hydrazine groups is 1. The number of amides is 2. The van der Waals surface area contributed by atoms with E-state index in [1.54, 1.807) is 54.6 Å². The SMILES string of the molecule is O=C(NN(Cc1ccccc1)C(=O)O)c1cc(O)c2ccccc2c1. The number of carbonyl (C=O) groups is 2. The highest BCUT2D eigenvalue weighted by Gasteiger charge is 2.17. The van der Waals surface area contributed by atoms with Crippen LogP contribution in [0.2, 0.25) is 0 Å². The van der Waals surface area contributed by atoms with Gasteiger partial charge in [0.1, 0.15) is 5.75 Å². The molecule has 6 nitrogen and oxygen atoms in total. The highest BCUT2D eigenvalue weighted by molar-refractivity contribution is 6.01. The minimum Gasteiger partial charge on any atom is -0.507 e. The number of phenols is 1. The Balaban J connectivity index is 1.83. The maximum absolute atomic E-state index is 12.4. The average molecular weight is 336 g/mol. The fourth-order valence-electron chi connectivity index (χ4n) is 2.53. The number of benzene rings is 3. The lowest BCUT2D eigenvalue weighted by molar-refractivity contribution is 0.0740. The summed E-state index contributed by atoms with van der Waals surface area (Å²) in [5.41, 5.74) is 3.28. The van der Waals surface area contributed by atoms with Gasteiger partial charge in [-0.1, -0.05) is 54.6 Å². The maximum atomic E-state index is 12.4. The zero-order valence-corrected chi connectivity index (χ0v) is 13.2. The summed E-state index contributed by atoms with van der Waals surface area (Å²) in [7, 11) is 0. The third kappa shape index (κ3) is 3.69. The van der Waals surface area contributed by atoms with Crippen LogP contribution in [-0.4, -0.2) is 27.2 Å². The van der Waals surface area contributed by atoms with E-state index in [-0.39, 0.29) is 17.9 Å². The van der Waals surface area contributed by atoms with E-state index in [4.69, 9.17) is 0 Å². The molecule has 0 unspecified atom stereocenters. The molecule has 0 atom stereocenters. The highest BCUT2D eigenvalue weighted by Crippen LogP contribution is 2.26. The number of hydrogen-bond acceptors (Lipinski definition) is 3. The summed E-state index contributed by atoms with van der Waals surface area (Å²) in [5.74, 6) is -0.646. The average Bonchev–Trinajstić information content (AvgIpc) is 2.62. The molecule has 3 N–H and O–H groups in total. The van der Waals surface area contributed by atoms with E-state index < -0.39 is 12.0 Å². The van der Waals surface area contributed by atoms with E-state index in [0.717, 1.165) is 10.6 Å². The molecule has 3 aromatic carbocycles. The molecule has 0 saturated carbocycles. The predicted octanol–water partition coefficient (Wildman–Crippen LogP) is 3.37. The zero-order valence-electron chi connectivity index (χ0n) is 13.2. The predicted molar refractivity (Wildman–Crippen MR) is 93.1 cm³/mol. The van der Waals surface area contributed by atoms with Crippen LogP contribution in [0.5, 0.6) is 5.75 Å². The number of rotatable bonds is 3. The fourth-order valence-corrected chi connectivity index (χ4v) is 2.53. The van der Waals surface area contributed by atoms with E-state index in [0.29, 0.717) is 10.8 Å². The Labute approximate surface area is 143 Å². The van der Waals surface area contributed by atoms with Gasteiger partial charge < -0.3 is 10.2 Å². The Morgan fingerprint density at radius 2 is 1.64 bits per heavy atom. The van der Waals surface area contributed by atoms with Crippen LogP contribution in [0.4, 0.5) is 4.79 Å². The lowest BCUT2D eigenvalue weighted by Crippen LogP contribution is -2.44. The van der Waals surface area contributed by atoms with Gasteiger partial charge in [0.2, 0.25) is 0 Å². The van der Waals surface area contributed by atoms with Crippen LogP contribution in [0.25, 0.3) is 10.8 Å². The van der Waals surface area contributed by atoms with Gasteiger partial charge in [0.25, 0.3) is 5.91 Å². The second-order valence-corrected chi connectivity index (χ2v) is 5.51. The van der Waals surface area contributed by atoms with Crippen molar-refractivity contribution in [3.8, 4) is 5.75 Å². The summed E-state index contributed by atoms with van der Waals surface area (Å²) >= 11 is 0. The zero-order chi connectivity index (χ0) is 17.8. The number of carbonyl (C=O) groups excluding carboxylic acids is 1. The largest absolute Gasteiger partial charge is 0.507 e. The van der Waals surface area contributed by atoms with Crippen molar-refractivity contribution in [1.82, 2.24) is 10.4 Å². The van der Waals surface area contributed by atoms with Gasteiger partial charge in [-0.2, -0.15) is 0 Å². The van der Waals surface area contributed by atoms with Crippen molar-refractivity contribution in [1.29, 1.82) is 0 Å². The monoisotopic (exact) mass is 336 g/mol. The van der Waals surface area contributed by atoms with Gasteiger partial charge >= 0.3 is 6.09 Å². The molecule has 6 heteroatoms. The third-order valence-electron chi connectivity index (χ3n) is 3.75. The molecule has 0 fully saturated rings. The summed E-state index contributed by atoms with van der Waals surface area (Å²) in [4.78, 5) is 23.8. The molecule has 0 bridgehead atoms. The molecule has 0 radical (unpaired) electrons. The summed E-state index contributed by atoms with van der Waals surface area (Å²) in [6, 6.07) is 19.0. The smallest absolute Gasteiger partial charge is 0.426 e. The molecule has 0 heterocycles. The first-order chi connectivity index (χ1) is 12.0. The van der Waals surface area contributed by atoms with Crippen molar-refractivity contribution in [3.05, 3.63) is 77.9 Å². The van der Waals surface area contributed by atoms with E-state index in [1.807, 2.05) is 6.07 Å². The van der Waals surface area contributed by atoms with E-state index >= 15 is 0 Å². The Morgan fingerprint density at radius 1 is 0.960 bits per heavy atom. The van der Waals surface area contributed by atoms with E-state index in [2.05, 4.69) is 5.43 Å². The minimum absolute atomic E-state index is 0.0154. The van der Waals surface area contributed by atoms with Gasteiger partial charge in [-0.3, -0.25) is 10.2 Å². The number of phenolic OH excluding ortho intramolecular Hbond substituents is 1. The van der Waals surface area contributed by atoms with E-state index in [9.17, 15) is 19.8 Å². The number of hydrogen-bond donors (Lipinski definition) is 3. The van der Waals surface area contributed by atoms with Crippen molar-refractivity contribution < 1.29 is 19.8 Å². The summed E-state index contributed by atoms with van der Waals surface area (Å²) in [5, 5.41) is 21.5. The molecule has 0 saturated heterocycles. The fraction of sp³-hybridized carbons (Fsp3) is 0.0526. The molecule has 2 amide bonds. The van der Waals surface area contributed by atoms with Gasteiger partial charge in [-0.25, -0.2) is 9.80 Å². The molecule has 0 aliphatic rings. The maximum Gasteiger partial charge on any atom is 0.426 e. The first-order valence-corrected chi connectivity index (χ1v) is 7.62. The lowest BCUT2D eigenvalue weighted by Gasteiger charge is -2.20. The number of carboxylic acid groups (broad SMARTS) is 1.